The fraction of sp³-hybridized carbons (Fsp3) is 0.235. The van der Waals surface area contributed by atoms with Gasteiger partial charge >= 0.3 is 0 Å². The molecule has 0 unspecified atom stereocenters. The van der Waals surface area contributed by atoms with Crippen molar-refractivity contribution in [3.05, 3.63) is 54.1 Å². The number of ether oxygens (including phenoxy) is 2. The first-order valence-electron chi connectivity index (χ1n) is 6.79. The van der Waals surface area contributed by atoms with E-state index in [2.05, 4.69) is 0 Å². The van der Waals surface area contributed by atoms with Gasteiger partial charge in [-0.3, -0.25) is 4.79 Å². The predicted molar refractivity (Wildman–Crippen MR) is 83.3 cm³/mol. The molecule has 4 heteroatoms. The van der Waals surface area contributed by atoms with Gasteiger partial charge in [-0.15, -0.1) is 0 Å². The van der Waals surface area contributed by atoms with E-state index in [9.17, 15) is 4.79 Å². The third kappa shape index (κ3) is 3.34. The van der Waals surface area contributed by atoms with E-state index >= 15 is 0 Å². The topological polar surface area (TPSA) is 38.8 Å². The zero-order valence-corrected chi connectivity index (χ0v) is 12.5. The van der Waals surface area contributed by atoms with Crippen LogP contribution in [-0.4, -0.2) is 26.7 Å². The van der Waals surface area contributed by atoms with Crippen LogP contribution in [0.3, 0.4) is 0 Å². The van der Waals surface area contributed by atoms with Gasteiger partial charge in [0, 0.05) is 17.8 Å². The highest BCUT2D eigenvalue weighted by molar-refractivity contribution is 6.06. The zero-order chi connectivity index (χ0) is 15.2. The summed E-state index contributed by atoms with van der Waals surface area (Å²) < 4.78 is 10.2. The molecule has 0 N–H and O–H groups in total. The second kappa shape index (κ2) is 6.79. The number of amides is 1. The number of nitrogens with zero attached hydrogens (tertiary/aromatic N) is 1. The van der Waals surface area contributed by atoms with Crippen molar-refractivity contribution in [1.82, 2.24) is 0 Å². The summed E-state index contributed by atoms with van der Waals surface area (Å²) in [5.74, 6) is 1.47. The molecule has 0 heterocycles. The molecule has 0 bridgehead atoms. The van der Waals surface area contributed by atoms with E-state index in [-0.39, 0.29) is 5.91 Å². The smallest absolute Gasteiger partial charge is 0.258 e. The molecule has 0 fully saturated rings. The quantitative estimate of drug-likeness (QED) is 0.845. The SMILES string of the molecule is CCN(C(=O)c1ccc(OC)cc1)c1ccc(OC)cc1. The van der Waals surface area contributed by atoms with Crippen molar-refractivity contribution in [1.29, 1.82) is 0 Å². The number of methoxy groups -OCH3 is 2. The number of anilines is 1. The van der Waals surface area contributed by atoms with E-state index in [1.807, 2.05) is 31.2 Å². The van der Waals surface area contributed by atoms with Gasteiger partial charge in [-0.05, 0) is 55.5 Å². The zero-order valence-electron chi connectivity index (χ0n) is 12.5. The van der Waals surface area contributed by atoms with Crippen LogP contribution in [0.4, 0.5) is 5.69 Å². The average molecular weight is 285 g/mol. The van der Waals surface area contributed by atoms with Crippen molar-refractivity contribution >= 4 is 11.6 Å². The molecule has 0 aliphatic heterocycles. The number of hydrogen-bond donors (Lipinski definition) is 0. The largest absolute Gasteiger partial charge is 0.497 e. The number of carbonyl (C=O) groups excluding carboxylic acids is 1. The number of hydrogen-bond acceptors (Lipinski definition) is 3. The molecular formula is C17H19NO3. The molecule has 1 amide bonds. The number of carbonyl (C=O) groups is 1. The Labute approximate surface area is 124 Å². The van der Waals surface area contributed by atoms with Crippen LogP contribution in [0.15, 0.2) is 48.5 Å². The first kappa shape index (κ1) is 14.9. The molecule has 2 aromatic rings. The Hall–Kier alpha value is -2.49. The van der Waals surface area contributed by atoms with Crippen molar-refractivity contribution in [3.63, 3.8) is 0 Å². The second-order valence-corrected chi connectivity index (χ2v) is 4.48. The summed E-state index contributed by atoms with van der Waals surface area (Å²) in [6.07, 6.45) is 0. The van der Waals surface area contributed by atoms with Gasteiger partial charge in [0.05, 0.1) is 14.2 Å². The molecule has 0 saturated heterocycles. The summed E-state index contributed by atoms with van der Waals surface area (Å²) in [5.41, 5.74) is 1.48. The third-order valence-corrected chi connectivity index (χ3v) is 3.28. The minimum absolute atomic E-state index is 0.0367. The van der Waals surface area contributed by atoms with Gasteiger partial charge in [0.1, 0.15) is 11.5 Å². The van der Waals surface area contributed by atoms with E-state index in [1.54, 1.807) is 43.4 Å². The fourth-order valence-corrected chi connectivity index (χ4v) is 2.10. The molecule has 21 heavy (non-hydrogen) atoms. The van der Waals surface area contributed by atoms with Gasteiger partial charge in [0.2, 0.25) is 0 Å². The molecule has 0 aromatic heterocycles. The number of benzene rings is 2. The Morgan fingerprint density at radius 1 is 0.905 bits per heavy atom. The molecule has 110 valence electrons. The normalized spacial score (nSPS) is 10.0. The van der Waals surface area contributed by atoms with E-state index in [4.69, 9.17) is 9.47 Å². The standard InChI is InChI=1S/C17H19NO3/c1-4-18(14-7-11-16(21-3)12-8-14)17(19)13-5-9-15(20-2)10-6-13/h5-12H,4H2,1-3H3. The van der Waals surface area contributed by atoms with Crippen LogP contribution in [0, 0.1) is 0 Å². The Bertz CT molecular complexity index is 590. The Kier molecular flexibility index (Phi) is 4.82. The summed E-state index contributed by atoms with van der Waals surface area (Å²) in [4.78, 5) is 14.3. The summed E-state index contributed by atoms with van der Waals surface area (Å²) in [7, 11) is 3.22. The van der Waals surface area contributed by atoms with Crippen LogP contribution >= 0.6 is 0 Å². The van der Waals surface area contributed by atoms with Crippen molar-refractivity contribution in [2.45, 2.75) is 6.92 Å². The molecule has 0 radical (unpaired) electrons. The van der Waals surface area contributed by atoms with E-state index in [1.165, 1.54) is 0 Å². The molecule has 2 rings (SSSR count). The highest BCUT2D eigenvalue weighted by Gasteiger charge is 2.16. The highest BCUT2D eigenvalue weighted by atomic mass is 16.5. The average Bonchev–Trinajstić information content (AvgIpc) is 2.56. The van der Waals surface area contributed by atoms with Crippen LogP contribution in [0.25, 0.3) is 0 Å². The minimum atomic E-state index is -0.0367. The maximum Gasteiger partial charge on any atom is 0.258 e. The molecule has 0 atom stereocenters. The second-order valence-electron chi connectivity index (χ2n) is 4.48. The molecule has 0 aliphatic carbocycles. The lowest BCUT2D eigenvalue weighted by molar-refractivity contribution is 0.0988. The molecule has 2 aromatic carbocycles. The summed E-state index contributed by atoms with van der Waals surface area (Å²) in [6, 6.07) is 14.6. The predicted octanol–water partition coefficient (Wildman–Crippen LogP) is 3.37. The Morgan fingerprint density at radius 2 is 1.38 bits per heavy atom. The Balaban J connectivity index is 2.24. The lowest BCUT2D eigenvalue weighted by atomic mass is 10.1. The minimum Gasteiger partial charge on any atom is -0.497 e. The van der Waals surface area contributed by atoms with E-state index in [0.29, 0.717) is 12.1 Å². The first-order valence-corrected chi connectivity index (χ1v) is 6.79. The maximum atomic E-state index is 12.6. The maximum absolute atomic E-state index is 12.6. The van der Waals surface area contributed by atoms with Gasteiger partial charge in [0.25, 0.3) is 5.91 Å². The Morgan fingerprint density at radius 3 is 1.81 bits per heavy atom. The van der Waals surface area contributed by atoms with Gasteiger partial charge < -0.3 is 14.4 Å². The highest BCUT2D eigenvalue weighted by Crippen LogP contribution is 2.21. The van der Waals surface area contributed by atoms with Crippen LogP contribution in [0.1, 0.15) is 17.3 Å². The van der Waals surface area contributed by atoms with Crippen LogP contribution in [-0.2, 0) is 0 Å². The van der Waals surface area contributed by atoms with Gasteiger partial charge in [0.15, 0.2) is 0 Å². The van der Waals surface area contributed by atoms with E-state index < -0.39 is 0 Å². The van der Waals surface area contributed by atoms with Crippen molar-refractivity contribution in [2.75, 3.05) is 25.7 Å². The molecule has 0 aliphatic rings. The molecule has 0 spiro atoms. The summed E-state index contributed by atoms with van der Waals surface area (Å²) in [6.45, 7) is 2.54. The fourth-order valence-electron chi connectivity index (χ4n) is 2.10. The van der Waals surface area contributed by atoms with E-state index in [0.717, 1.165) is 17.2 Å². The van der Waals surface area contributed by atoms with Gasteiger partial charge in [-0.25, -0.2) is 0 Å². The van der Waals surface area contributed by atoms with Crippen molar-refractivity contribution < 1.29 is 14.3 Å². The molecule has 4 nitrogen and oxygen atoms in total. The van der Waals surface area contributed by atoms with Gasteiger partial charge in [-0.1, -0.05) is 0 Å². The van der Waals surface area contributed by atoms with Crippen molar-refractivity contribution in [2.24, 2.45) is 0 Å². The summed E-state index contributed by atoms with van der Waals surface area (Å²) in [5, 5.41) is 0. The van der Waals surface area contributed by atoms with Crippen molar-refractivity contribution in [3.8, 4) is 11.5 Å². The van der Waals surface area contributed by atoms with Gasteiger partial charge in [-0.2, -0.15) is 0 Å². The monoisotopic (exact) mass is 285 g/mol. The molecular weight excluding hydrogens is 266 g/mol. The summed E-state index contributed by atoms with van der Waals surface area (Å²) >= 11 is 0. The first-order chi connectivity index (χ1) is 10.2. The van der Waals surface area contributed by atoms with Crippen LogP contribution < -0.4 is 14.4 Å². The third-order valence-electron chi connectivity index (χ3n) is 3.28. The lowest BCUT2D eigenvalue weighted by Crippen LogP contribution is -2.30. The van der Waals surface area contributed by atoms with Crippen LogP contribution in [0.2, 0.25) is 0 Å². The number of rotatable bonds is 5. The van der Waals surface area contributed by atoms with Crippen LogP contribution in [0.5, 0.6) is 11.5 Å². The lowest BCUT2D eigenvalue weighted by Gasteiger charge is -2.21. The molecule has 0 saturated carbocycles.